The van der Waals surface area contributed by atoms with Gasteiger partial charge in [0.2, 0.25) is 0 Å². The topological polar surface area (TPSA) is 52.5 Å². The molecule has 3 N–H and O–H groups in total. The SMILES string of the molecule is Cc1ccc(O)c(CNc2cc(Cl)c(O)c(Cl)c2)c1. The second-order valence-electron chi connectivity index (χ2n) is 4.27. The van der Waals surface area contributed by atoms with E-state index < -0.39 is 0 Å². The van der Waals surface area contributed by atoms with Crippen molar-refractivity contribution in [3.63, 3.8) is 0 Å². The predicted octanol–water partition coefficient (Wildman–Crippen LogP) is 4.33. The monoisotopic (exact) mass is 297 g/mol. The van der Waals surface area contributed by atoms with Gasteiger partial charge in [0.05, 0.1) is 10.0 Å². The third-order valence-corrected chi connectivity index (χ3v) is 3.31. The first kappa shape index (κ1) is 13.8. The van der Waals surface area contributed by atoms with Gasteiger partial charge in [0.15, 0.2) is 5.75 Å². The largest absolute Gasteiger partial charge is 0.508 e. The van der Waals surface area contributed by atoms with Crippen molar-refractivity contribution < 1.29 is 10.2 Å². The Kier molecular flexibility index (Phi) is 4.08. The van der Waals surface area contributed by atoms with Crippen LogP contribution < -0.4 is 5.32 Å². The first-order chi connectivity index (χ1) is 8.97. The molecule has 100 valence electrons. The van der Waals surface area contributed by atoms with Crippen LogP contribution in [0.4, 0.5) is 5.69 Å². The number of aryl methyl sites for hydroxylation is 1. The van der Waals surface area contributed by atoms with Gasteiger partial charge >= 0.3 is 0 Å². The summed E-state index contributed by atoms with van der Waals surface area (Å²) in [7, 11) is 0. The van der Waals surface area contributed by atoms with Crippen molar-refractivity contribution in [2.24, 2.45) is 0 Å². The fourth-order valence-corrected chi connectivity index (χ4v) is 2.21. The summed E-state index contributed by atoms with van der Waals surface area (Å²) >= 11 is 11.7. The summed E-state index contributed by atoms with van der Waals surface area (Å²) in [5.41, 5.74) is 2.52. The van der Waals surface area contributed by atoms with Crippen LogP contribution in [0.2, 0.25) is 10.0 Å². The number of aromatic hydroxyl groups is 2. The van der Waals surface area contributed by atoms with Gasteiger partial charge in [-0.15, -0.1) is 0 Å². The van der Waals surface area contributed by atoms with Crippen LogP contribution in [-0.2, 0) is 6.54 Å². The Morgan fingerprint density at radius 1 is 1.05 bits per heavy atom. The average Bonchev–Trinajstić information content (AvgIpc) is 2.37. The normalized spacial score (nSPS) is 10.5. The molecule has 3 nitrogen and oxygen atoms in total. The molecule has 0 bridgehead atoms. The Balaban J connectivity index is 2.17. The Morgan fingerprint density at radius 2 is 1.68 bits per heavy atom. The number of phenolic OH excluding ortho intramolecular Hbond substituents is 2. The van der Waals surface area contributed by atoms with Crippen LogP contribution in [-0.4, -0.2) is 10.2 Å². The van der Waals surface area contributed by atoms with Crippen LogP contribution in [0, 0.1) is 6.92 Å². The predicted molar refractivity (Wildman–Crippen MR) is 78.3 cm³/mol. The number of hydrogen-bond donors (Lipinski definition) is 3. The maximum absolute atomic E-state index is 9.73. The van der Waals surface area contributed by atoms with Crippen LogP contribution in [0.1, 0.15) is 11.1 Å². The van der Waals surface area contributed by atoms with Gasteiger partial charge in [-0.2, -0.15) is 0 Å². The van der Waals surface area contributed by atoms with Crippen molar-refractivity contribution in [2.75, 3.05) is 5.32 Å². The maximum Gasteiger partial charge on any atom is 0.152 e. The summed E-state index contributed by atoms with van der Waals surface area (Å²) in [6, 6.07) is 8.55. The van der Waals surface area contributed by atoms with Crippen LogP contribution >= 0.6 is 23.2 Å². The lowest BCUT2D eigenvalue weighted by Gasteiger charge is -2.10. The Morgan fingerprint density at radius 3 is 2.32 bits per heavy atom. The molecule has 0 atom stereocenters. The van der Waals surface area contributed by atoms with Crippen LogP contribution in [0.25, 0.3) is 0 Å². The highest BCUT2D eigenvalue weighted by molar-refractivity contribution is 6.37. The lowest BCUT2D eigenvalue weighted by Crippen LogP contribution is -2.00. The Bertz CT molecular complexity index is 591. The lowest BCUT2D eigenvalue weighted by atomic mass is 10.1. The molecule has 2 aromatic rings. The summed E-state index contributed by atoms with van der Waals surface area (Å²) < 4.78 is 0. The number of nitrogens with one attached hydrogen (secondary N) is 1. The summed E-state index contributed by atoms with van der Waals surface area (Å²) in [5.74, 6) is 0.0985. The fourth-order valence-electron chi connectivity index (χ4n) is 1.72. The van der Waals surface area contributed by atoms with Crippen molar-refractivity contribution in [3.05, 3.63) is 51.5 Å². The third-order valence-electron chi connectivity index (χ3n) is 2.73. The molecule has 0 aromatic heterocycles. The highest BCUT2D eigenvalue weighted by Crippen LogP contribution is 2.34. The molecule has 0 saturated carbocycles. The summed E-state index contributed by atoms with van der Waals surface area (Å²) in [6.45, 7) is 2.39. The van der Waals surface area contributed by atoms with Gasteiger partial charge in [-0.1, -0.05) is 40.9 Å². The number of phenols is 2. The zero-order chi connectivity index (χ0) is 14.0. The molecule has 0 radical (unpaired) electrons. The van der Waals surface area contributed by atoms with Crippen molar-refractivity contribution >= 4 is 28.9 Å². The fraction of sp³-hybridized carbons (Fsp3) is 0.143. The van der Waals surface area contributed by atoms with E-state index in [1.807, 2.05) is 19.1 Å². The zero-order valence-corrected chi connectivity index (χ0v) is 11.8. The second-order valence-corrected chi connectivity index (χ2v) is 5.09. The van der Waals surface area contributed by atoms with Crippen molar-refractivity contribution in [2.45, 2.75) is 13.5 Å². The second kappa shape index (κ2) is 5.59. The van der Waals surface area contributed by atoms with E-state index in [0.717, 1.165) is 11.1 Å². The summed E-state index contributed by atoms with van der Waals surface area (Å²) in [5, 5.41) is 22.7. The van der Waals surface area contributed by atoms with E-state index in [2.05, 4.69) is 5.32 Å². The van der Waals surface area contributed by atoms with E-state index in [1.54, 1.807) is 18.2 Å². The minimum Gasteiger partial charge on any atom is -0.508 e. The molecule has 0 fully saturated rings. The molecule has 19 heavy (non-hydrogen) atoms. The zero-order valence-electron chi connectivity index (χ0n) is 10.2. The lowest BCUT2D eigenvalue weighted by molar-refractivity contribution is 0.469. The summed E-state index contributed by atoms with van der Waals surface area (Å²) in [6.07, 6.45) is 0. The Labute approximate surface area is 121 Å². The molecule has 0 heterocycles. The third kappa shape index (κ3) is 3.25. The molecular weight excluding hydrogens is 285 g/mol. The van der Waals surface area contributed by atoms with Crippen molar-refractivity contribution in [1.82, 2.24) is 0 Å². The number of halogens is 2. The minimum absolute atomic E-state index is 0.132. The molecule has 0 saturated heterocycles. The quantitative estimate of drug-likeness (QED) is 0.739. The first-order valence-electron chi connectivity index (χ1n) is 5.68. The van der Waals surface area contributed by atoms with Crippen molar-refractivity contribution in [3.8, 4) is 11.5 Å². The van der Waals surface area contributed by atoms with E-state index in [4.69, 9.17) is 23.2 Å². The van der Waals surface area contributed by atoms with Gasteiger partial charge in [-0.05, 0) is 25.1 Å². The molecule has 0 unspecified atom stereocenters. The molecule has 0 aliphatic carbocycles. The number of anilines is 1. The molecular formula is C14H13Cl2NO2. The van der Waals surface area contributed by atoms with Crippen LogP contribution in [0.15, 0.2) is 30.3 Å². The number of benzene rings is 2. The van der Waals surface area contributed by atoms with Gasteiger partial charge in [0.1, 0.15) is 5.75 Å². The average molecular weight is 298 g/mol. The van der Waals surface area contributed by atoms with Gasteiger partial charge in [0, 0.05) is 17.8 Å². The van der Waals surface area contributed by atoms with Crippen molar-refractivity contribution in [1.29, 1.82) is 0 Å². The van der Waals surface area contributed by atoms with Crippen LogP contribution in [0.3, 0.4) is 0 Å². The minimum atomic E-state index is -0.132. The van der Waals surface area contributed by atoms with Gasteiger partial charge in [0.25, 0.3) is 0 Å². The van der Waals surface area contributed by atoms with E-state index in [0.29, 0.717) is 12.2 Å². The first-order valence-corrected chi connectivity index (χ1v) is 6.43. The smallest absolute Gasteiger partial charge is 0.152 e. The van der Waals surface area contributed by atoms with E-state index >= 15 is 0 Å². The highest BCUT2D eigenvalue weighted by Gasteiger charge is 2.07. The van der Waals surface area contributed by atoms with Gasteiger partial charge in [-0.3, -0.25) is 0 Å². The molecule has 0 aliphatic heterocycles. The molecule has 2 rings (SSSR count). The maximum atomic E-state index is 9.73. The summed E-state index contributed by atoms with van der Waals surface area (Å²) in [4.78, 5) is 0. The molecule has 0 amide bonds. The standard InChI is InChI=1S/C14H13Cl2NO2/c1-8-2-3-13(18)9(4-8)7-17-10-5-11(15)14(19)12(16)6-10/h2-6,17-19H,7H2,1H3. The molecule has 0 aliphatic rings. The highest BCUT2D eigenvalue weighted by atomic mass is 35.5. The van der Waals surface area contributed by atoms with E-state index in [9.17, 15) is 10.2 Å². The van der Waals surface area contributed by atoms with E-state index in [1.165, 1.54) is 0 Å². The Hall–Kier alpha value is -1.58. The molecule has 2 aromatic carbocycles. The molecule has 5 heteroatoms. The van der Waals surface area contributed by atoms with Gasteiger partial charge < -0.3 is 15.5 Å². The number of rotatable bonds is 3. The molecule has 0 spiro atoms. The van der Waals surface area contributed by atoms with Crippen LogP contribution in [0.5, 0.6) is 11.5 Å². The van der Waals surface area contributed by atoms with E-state index in [-0.39, 0.29) is 21.5 Å². The van der Waals surface area contributed by atoms with Gasteiger partial charge in [-0.25, -0.2) is 0 Å². The number of hydrogen-bond acceptors (Lipinski definition) is 3.